The van der Waals surface area contributed by atoms with Gasteiger partial charge in [-0.25, -0.2) is 8.78 Å². The van der Waals surface area contributed by atoms with Crippen molar-refractivity contribution in [3.63, 3.8) is 0 Å². The Labute approximate surface area is 142 Å². The summed E-state index contributed by atoms with van der Waals surface area (Å²) >= 11 is 0. The van der Waals surface area contributed by atoms with Crippen LogP contribution in [-0.4, -0.2) is 27.8 Å². The van der Waals surface area contributed by atoms with Crippen molar-refractivity contribution in [3.05, 3.63) is 52.9 Å². The van der Waals surface area contributed by atoms with Gasteiger partial charge in [-0.05, 0) is 57.2 Å². The summed E-state index contributed by atoms with van der Waals surface area (Å²) in [6, 6.07) is 4.11. The van der Waals surface area contributed by atoms with E-state index in [0.717, 1.165) is 44.6 Å². The maximum absolute atomic E-state index is 13.8. The van der Waals surface area contributed by atoms with E-state index < -0.39 is 11.6 Å². The van der Waals surface area contributed by atoms with E-state index in [0.29, 0.717) is 12.3 Å². The summed E-state index contributed by atoms with van der Waals surface area (Å²) in [5, 5.41) is 4.40. The first-order valence-corrected chi connectivity index (χ1v) is 8.67. The summed E-state index contributed by atoms with van der Waals surface area (Å²) in [5.74, 6) is -0.350. The van der Waals surface area contributed by atoms with Gasteiger partial charge in [0.25, 0.3) is 0 Å². The topological polar surface area (TPSA) is 21.1 Å². The molecule has 1 atom stereocenters. The second-order valence-electron chi connectivity index (χ2n) is 6.90. The molecule has 130 valence electrons. The molecule has 2 heterocycles. The fourth-order valence-corrected chi connectivity index (χ4v) is 3.69. The Morgan fingerprint density at radius 2 is 2.00 bits per heavy atom. The Kier molecular flexibility index (Phi) is 5.29. The number of hydrogen-bond donors (Lipinski definition) is 0. The summed E-state index contributed by atoms with van der Waals surface area (Å²) in [6.07, 6.45) is 5.67. The average molecular weight is 333 g/mol. The van der Waals surface area contributed by atoms with Gasteiger partial charge in [0.15, 0.2) is 0 Å². The lowest BCUT2D eigenvalue weighted by Gasteiger charge is -2.32. The lowest BCUT2D eigenvalue weighted by molar-refractivity contribution is 0.161. The molecule has 1 aromatic heterocycles. The van der Waals surface area contributed by atoms with E-state index in [2.05, 4.69) is 16.2 Å². The summed E-state index contributed by atoms with van der Waals surface area (Å²) in [4.78, 5) is 2.44. The van der Waals surface area contributed by atoms with Crippen molar-refractivity contribution >= 4 is 0 Å². The molecule has 0 saturated carbocycles. The summed E-state index contributed by atoms with van der Waals surface area (Å²) in [6.45, 7) is 5.02. The molecule has 0 spiro atoms. The van der Waals surface area contributed by atoms with Crippen molar-refractivity contribution < 1.29 is 8.78 Å². The minimum absolute atomic E-state index is 0.234. The van der Waals surface area contributed by atoms with Crippen LogP contribution in [0.15, 0.2) is 24.4 Å². The van der Waals surface area contributed by atoms with Gasteiger partial charge >= 0.3 is 0 Å². The molecule has 24 heavy (non-hydrogen) atoms. The summed E-state index contributed by atoms with van der Waals surface area (Å²) < 4.78 is 29.4. The highest BCUT2D eigenvalue weighted by Gasteiger charge is 2.22. The monoisotopic (exact) mass is 333 g/mol. The van der Waals surface area contributed by atoms with Gasteiger partial charge in [-0.1, -0.05) is 6.07 Å². The van der Waals surface area contributed by atoms with Crippen LogP contribution in [0.5, 0.6) is 0 Å². The zero-order valence-corrected chi connectivity index (χ0v) is 14.4. The number of benzene rings is 1. The van der Waals surface area contributed by atoms with Gasteiger partial charge in [-0.15, -0.1) is 0 Å². The van der Waals surface area contributed by atoms with Crippen LogP contribution in [0.25, 0.3) is 0 Å². The molecule has 0 aliphatic carbocycles. The Hall–Kier alpha value is -1.75. The highest BCUT2D eigenvalue weighted by Crippen LogP contribution is 2.25. The van der Waals surface area contributed by atoms with Gasteiger partial charge in [0.1, 0.15) is 11.6 Å². The summed E-state index contributed by atoms with van der Waals surface area (Å²) in [5.41, 5.74) is 2.57. The van der Waals surface area contributed by atoms with E-state index in [9.17, 15) is 8.78 Å². The number of hydrogen-bond acceptors (Lipinski definition) is 2. The average Bonchev–Trinajstić information content (AvgIpc) is 2.85. The van der Waals surface area contributed by atoms with Crippen molar-refractivity contribution in [1.29, 1.82) is 0 Å². The van der Waals surface area contributed by atoms with Crippen molar-refractivity contribution in [2.24, 2.45) is 13.0 Å². The Morgan fingerprint density at radius 3 is 2.67 bits per heavy atom. The number of nitrogens with zero attached hydrogens (tertiary/aromatic N) is 3. The molecule has 0 radical (unpaired) electrons. The molecule has 1 aromatic carbocycles. The fraction of sp³-hybridized carbons (Fsp3) is 0.526. The second-order valence-corrected chi connectivity index (χ2v) is 6.90. The van der Waals surface area contributed by atoms with Gasteiger partial charge in [0.2, 0.25) is 0 Å². The summed E-state index contributed by atoms with van der Waals surface area (Å²) in [7, 11) is 1.94. The third kappa shape index (κ3) is 4.01. The minimum Gasteiger partial charge on any atom is -0.299 e. The quantitative estimate of drug-likeness (QED) is 0.829. The lowest BCUT2D eigenvalue weighted by Crippen LogP contribution is -2.35. The molecule has 1 unspecified atom stereocenters. The van der Waals surface area contributed by atoms with Crippen molar-refractivity contribution in [2.45, 2.75) is 39.2 Å². The first-order valence-electron chi connectivity index (χ1n) is 8.67. The Morgan fingerprint density at radius 1 is 1.25 bits per heavy atom. The van der Waals surface area contributed by atoms with Crippen LogP contribution in [0.2, 0.25) is 0 Å². The van der Waals surface area contributed by atoms with Gasteiger partial charge in [-0.2, -0.15) is 5.10 Å². The van der Waals surface area contributed by atoms with Gasteiger partial charge in [-0.3, -0.25) is 9.58 Å². The highest BCUT2D eigenvalue weighted by molar-refractivity contribution is 5.20. The molecule has 5 heteroatoms. The smallest absolute Gasteiger partial charge is 0.129 e. The lowest BCUT2D eigenvalue weighted by atomic mass is 9.91. The SMILES string of the molecule is Cc1nn(C)cc1CN1CCCC(CCc2c(F)cccc2F)C1. The predicted octanol–water partition coefficient (Wildman–Crippen LogP) is 3.85. The Bertz CT molecular complexity index is 676. The number of halogens is 2. The van der Waals surface area contributed by atoms with Crippen LogP contribution in [0.4, 0.5) is 8.78 Å². The van der Waals surface area contributed by atoms with Crippen molar-refractivity contribution in [1.82, 2.24) is 14.7 Å². The molecular weight excluding hydrogens is 308 g/mol. The number of likely N-dealkylation sites (tertiary alicyclic amines) is 1. The molecule has 2 aromatic rings. The largest absolute Gasteiger partial charge is 0.299 e. The normalized spacial score (nSPS) is 18.9. The predicted molar refractivity (Wildman–Crippen MR) is 90.6 cm³/mol. The molecule has 0 bridgehead atoms. The van der Waals surface area contributed by atoms with E-state index >= 15 is 0 Å². The first kappa shape index (κ1) is 17.1. The van der Waals surface area contributed by atoms with Gasteiger partial charge in [0, 0.05) is 37.5 Å². The molecule has 1 aliphatic heterocycles. The Balaban J connectivity index is 1.57. The zero-order valence-electron chi connectivity index (χ0n) is 14.4. The van der Waals surface area contributed by atoms with Gasteiger partial charge in [0.05, 0.1) is 5.69 Å². The maximum atomic E-state index is 13.8. The second kappa shape index (κ2) is 7.43. The number of aromatic nitrogens is 2. The maximum Gasteiger partial charge on any atom is 0.129 e. The van der Waals surface area contributed by atoms with Crippen LogP contribution in [-0.2, 0) is 20.0 Å². The molecule has 3 nitrogen and oxygen atoms in total. The fourth-order valence-electron chi connectivity index (χ4n) is 3.69. The van der Waals surface area contributed by atoms with Crippen LogP contribution in [0.1, 0.15) is 36.1 Å². The van der Waals surface area contributed by atoms with E-state index in [1.54, 1.807) is 0 Å². The molecule has 1 saturated heterocycles. The number of rotatable bonds is 5. The van der Waals surface area contributed by atoms with Crippen LogP contribution in [0.3, 0.4) is 0 Å². The third-order valence-electron chi connectivity index (χ3n) is 4.98. The molecule has 1 aliphatic rings. The molecule has 0 amide bonds. The van der Waals surface area contributed by atoms with E-state index in [-0.39, 0.29) is 5.56 Å². The molecule has 0 N–H and O–H groups in total. The molecule has 3 rings (SSSR count). The standard InChI is InChI=1S/C19H25F2N3/c1-14-16(12-23(2)22-14)13-24-10-4-5-15(11-24)8-9-17-18(20)6-3-7-19(17)21/h3,6-7,12,15H,4-5,8-11,13H2,1-2H3. The van der Waals surface area contributed by atoms with Crippen molar-refractivity contribution in [3.8, 4) is 0 Å². The van der Waals surface area contributed by atoms with E-state index in [1.807, 2.05) is 18.7 Å². The van der Waals surface area contributed by atoms with Crippen LogP contribution >= 0.6 is 0 Å². The number of aryl methyl sites for hydroxylation is 2. The van der Waals surface area contributed by atoms with Crippen LogP contribution in [0, 0.1) is 24.5 Å². The van der Waals surface area contributed by atoms with Crippen LogP contribution < -0.4 is 0 Å². The molecular formula is C19H25F2N3. The first-order chi connectivity index (χ1) is 11.5. The van der Waals surface area contributed by atoms with E-state index in [1.165, 1.54) is 23.8 Å². The van der Waals surface area contributed by atoms with E-state index in [4.69, 9.17) is 0 Å². The third-order valence-corrected chi connectivity index (χ3v) is 4.98. The van der Waals surface area contributed by atoms with Gasteiger partial charge < -0.3 is 0 Å². The molecule has 1 fully saturated rings. The van der Waals surface area contributed by atoms with Crippen molar-refractivity contribution in [2.75, 3.05) is 13.1 Å². The highest BCUT2D eigenvalue weighted by atomic mass is 19.1. The zero-order chi connectivity index (χ0) is 17.1. The minimum atomic E-state index is -0.423. The number of piperidine rings is 1.